The van der Waals surface area contributed by atoms with Crippen LogP contribution in [0.5, 0.6) is 0 Å². The summed E-state index contributed by atoms with van der Waals surface area (Å²) in [7, 11) is 0. The molecule has 0 radical (unpaired) electrons. The number of carbonyl (C=O) groups is 1. The maximum Gasteiger partial charge on any atom is 0.266 e. The molecule has 1 aliphatic heterocycles. The highest BCUT2D eigenvalue weighted by Gasteiger charge is 2.38. The first-order valence-corrected chi connectivity index (χ1v) is 13.3. The molecule has 1 saturated heterocycles. The first kappa shape index (κ1) is 28.8. The van der Waals surface area contributed by atoms with Gasteiger partial charge in [0.25, 0.3) is 6.43 Å². The Hall–Kier alpha value is -3.24. The van der Waals surface area contributed by atoms with E-state index in [9.17, 15) is 28.2 Å². The van der Waals surface area contributed by atoms with E-state index in [0.717, 1.165) is 6.07 Å². The summed E-state index contributed by atoms with van der Waals surface area (Å²) >= 11 is 0. The molecule has 7 nitrogen and oxygen atoms in total. The summed E-state index contributed by atoms with van der Waals surface area (Å²) in [5, 5.41) is 25.2. The number of aliphatic hydroxyl groups excluding tert-OH is 1. The first-order chi connectivity index (χ1) is 18.5. The van der Waals surface area contributed by atoms with Gasteiger partial charge in [-0.15, -0.1) is 0 Å². The molecule has 0 aliphatic carbocycles. The SMILES string of the molecule is CC[C@H](O)C[C@@H](C)C(=O)N1CCC(O)(c2cc3c(N[C@H](C)c4cccc(C(F)F)c4F)ccnc3cn2)CC1. The molecule has 3 N–H and O–H groups in total. The number of fused-ring (bicyclic) bond motifs is 1. The van der Waals surface area contributed by atoms with E-state index in [2.05, 4.69) is 15.3 Å². The highest BCUT2D eigenvalue weighted by molar-refractivity contribution is 5.91. The Kier molecular flexibility index (Phi) is 8.76. The molecule has 0 bridgehead atoms. The molecule has 2 aromatic heterocycles. The van der Waals surface area contributed by atoms with Crippen molar-refractivity contribution < 1.29 is 28.2 Å². The number of carbonyl (C=O) groups excluding carboxylic acids is 1. The van der Waals surface area contributed by atoms with Gasteiger partial charge in [-0.25, -0.2) is 13.2 Å². The lowest BCUT2D eigenvalue weighted by atomic mass is 9.86. The highest BCUT2D eigenvalue weighted by atomic mass is 19.3. The molecule has 1 aliphatic rings. The normalized spacial score (nSPS) is 17.7. The van der Waals surface area contributed by atoms with Crippen molar-refractivity contribution in [2.75, 3.05) is 18.4 Å². The second-order valence-corrected chi connectivity index (χ2v) is 10.4. The number of nitrogens with zero attached hydrogens (tertiary/aromatic N) is 3. The molecule has 3 atom stereocenters. The van der Waals surface area contributed by atoms with Crippen LogP contribution in [0.15, 0.2) is 42.7 Å². The van der Waals surface area contributed by atoms with Gasteiger partial charge in [-0.05, 0) is 44.7 Å². The number of amides is 1. The number of nitrogens with one attached hydrogen (secondary N) is 1. The quantitative estimate of drug-likeness (QED) is 0.330. The van der Waals surface area contributed by atoms with Gasteiger partial charge in [0.1, 0.15) is 11.4 Å². The number of likely N-dealkylation sites (tertiary alicyclic amines) is 1. The zero-order chi connectivity index (χ0) is 28.3. The monoisotopic (exact) mass is 544 g/mol. The third-order valence-corrected chi connectivity index (χ3v) is 7.66. The molecule has 1 fully saturated rings. The van der Waals surface area contributed by atoms with Crippen molar-refractivity contribution in [3.8, 4) is 0 Å². The minimum atomic E-state index is -2.92. The molecule has 0 spiro atoms. The lowest BCUT2D eigenvalue weighted by Gasteiger charge is -2.39. The number of anilines is 1. The fourth-order valence-corrected chi connectivity index (χ4v) is 5.15. The fraction of sp³-hybridized carbons (Fsp3) is 0.483. The number of pyridine rings is 2. The lowest BCUT2D eigenvalue weighted by molar-refractivity contribution is -0.140. The number of alkyl halides is 2. The van der Waals surface area contributed by atoms with E-state index in [1.54, 1.807) is 36.4 Å². The van der Waals surface area contributed by atoms with Crippen LogP contribution in [0, 0.1) is 11.7 Å². The van der Waals surface area contributed by atoms with E-state index in [4.69, 9.17) is 0 Å². The van der Waals surface area contributed by atoms with Gasteiger partial charge in [0, 0.05) is 41.8 Å². The predicted molar refractivity (Wildman–Crippen MR) is 143 cm³/mol. The number of piperidine rings is 1. The molecular weight excluding hydrogens is 509 g/mol. The Labute approximate surface area is 226 Å². The zero-order valence-electron chi connectivity index (χ0n) is 22.4. The van der Waals surface area contributed by atoms with Gasteiger partial charge < -0.3 is 20.4 Å². The minimum Gasteiger partial charge on any atom is -0.393 e. The zero-order valence-corrected chi connectivity index (χ0v) is 22.4. The molecular formula is C29H35F3N4O3. The molecule has 0 unspecified atom stereocenters. The second kappa shape index (κ2) is 11.9. The predicted octanol–water partition coefficient (Wildman–Crippen LogP) is 5.49. The average Bonchev–Trinajstić information content (AvgIpc) is 2.92. The number of hydrogen-bond donors (Lipinski definition) is 3. The van der Waals surface area contributed by atoms with E-state index in [-0.39, 0.29) is 17.4 Å². The van der Waals surface area contributed by atoms with E-state index in [0.29, 0.717) is 61.1 Å². The van der Waals surface area contributed by atoms with Crippen molar-refractivity contribution in [3.63, 3.8) is 0 Å². The van der Waals surface area contributed by atoms with E-state index >= 15 is 0 Å². The number of aromatic nitrogens is 2. The molecule has 3 aromatic rings. The summed E-state index contributed by atoms with van der Waals surface area (Å²) in [5.41, 5.74) is -0.201. The topological polar surface area (TPSA) is 98.6 Å². The first-order valence-electron chi connectivity index (χ1n) is 13.3. The van der Waals surface area contributed by atoms with Crippen molar-refractivity contribution in [1.82, 2.24) is 14.9 Å². The summed E-state index contributed by atoms with van der Waals surface area (Å²) < 4.78 is 41.2. The van der Waals surface area contributed by atoms with Gasteiger partial charge >= 0.3 is 0 Å². The van der Waals surface area contributed by atoms with Crippen LogP contribution in [0.2, 0.25) is 0 Å². The Bertz CT molecular complexity index is 1310. The molecule has 210 valence electrons. The van der Waals surface area contributed by atoms with Crippen molar-refractivity contribution in [1.29, 1.82) is 0 Å². The number of rotatable bonds is 9. The van der Waals surface area contributed by atoms with Crippen LogP contribution in [0.1, 0.15) is 75.7 Å². The van der Waals surface area contributed by atoms with Crippen molar-refractivity contribution in [2.45, 2.75) is 70.6 Å². The largest absolute Gasteiger partial charge is 0.393 e. The van der Waals surface area contributed by atoms with Crippen LogP contribution in [0.25, 0.3) is 10.9 Å². The molecule has 1 aromatic carbocycles. The molecule has 0 saturated carbocycles. The third-order valence-electron chi connectivity index (χ3n) is 7.66. The number of halogens is 3. The van der Waals surface area contributed by atoms with E-state index in [1.165, 1.54) is 12.1 Å². The minimum absolute atomic E-state index is 0.0381. The van der Waals surface area contributed by atoms with E-state index in [1.807, 2.05) is 13.8 Å². The van der Waals surface area contributed by atoms with Gasteiger partial charge in [-0.3, -0.25) is 14.8 Å². The molecule has 10 heteroatoms. The maximum atomic E-state index is 14.8. The summed E-state index contributed by atoms with van der Waals surface area (Å²) in [4.78, 5) is 23.4. The van der Waals surface area contributed by atoms with Crippen LogP contribution in [0.4, 0.5) is 18.9 Å². The number of hydrogen-bond acceptors (Lipinski definition) is 6. The van der Waals surface area contributed by atoms with Crippen LogP contribution >= 0.6 is 0 Å². The van der Waals surface area contributed by atoms with Gasteiger partial charge in [-0.2, -0.15) is 0 Å². The molecule has 1 amide bonds. The van der Waals surface area contributed by atoms with Gasteiger partial charge in [0.05, 0.1) is 35.1 Å². The highest BCUT2D eigenvalue weighted by Crippen LogP contribution is 2.36. The van der Waals surface area contributed by atoms with E-state index < -0.39 is 35.6 Å². The Morgan fingerprint density at radius 2 is 1.85 bits per heavy atom. The lowest BCUT2D eigenvalue weighted by Crippen LogP contribution is -2.47. The number of aliphatic hydroxyl groups is 2. The molecule has 39 heavy (non-hydrogen) atoms. The van der Waals surface area contributed by atoms with Crippen LogP contribution in [-0.2, 0) is 10.4 Å². The van der Waals surface area contributed by atoms with Crippen molar-refractivity contribution in [2.24, 2.45) is 5.92 Å². The maximum absolute atomic E-state index is 14.8. The number of benzene rings is 1. The summed E-state index contributed by atoms with van der Waals surface area (Å²) in [5.74, 6) is -1.29. The van der Waals surface area contributed by atoms with Crippen molar-refractivity contribution in [3.05, 3.63) is 65.4 Å². The summed E-state index contributed by atoms with van der Waals surface area (Å²) in [6, 6.07) is 6.76. The summed E-state index contributed by atoms with van der Waals surface area (Å²) in [6.45, 7) is 6.08. The Balaban J connectivity index is 1.53. The van der Waals surface area contributed by atoms with Gasteiger partial charge in [0.15, 0.2) is 0 Å². The average molecular weight is 545 g/mol. The van der Waals surface area contributed by atoms with Gasteiger partial charge in [-0.1, -0.05) is 32.0 Å². The van der Waals surface area contributed by atoms with Crippen molar-refractivity contribution >= 4 is 22.5 Å². The van der Waals surface area contributed by atoms with Crippen LogP contribution in [0.3, 0.4) is 0 Å². The standard InChI is InChI=1S/C29H35F3N4O3/c1-4-19(37)14-17(2)28(38)36-12-9-29(39,10-13-36)25-15-22-23(8-11-33-24(22)16-34-25)35-18(3)20-6-5-7-21(26(20)30)27(31)32/h5-8,11,15-19,27,37,39H,4,9-10,12-14H2,1-3H3,(H,33,35)/t17-,18-,19+/m1/s1. The van der Waals surface area contributed by atoms with Gasteiger partial charge in [0.2, 0.25) is 5.91 Å². The Morgan fingerprint density at radius 1 is 1.15 bits per heavy atom. The molecule has 4 rings (SSSR count). The smallest absolute Gasteiger partial charge is 0.266 e. The second-order valence-electron chi connectivity index (χ2n) is 10.4. The Morgan fingerprint density at radius 3 is 2.51 bits per heavy atom. The van der Waals surface area contributed by atoms with Crippen LogP contribution in [-0.4, -0.2) is 50.2 Å². The molecule has 3 heterocycles. The summed E-state index contributed by atoms with van der Waals surface area (Å²) in [6.07, 6.45) is 1.28. The van der Waals surface area contributed by atoms with Crippen LogP contribution < -0.4 is 5.32 Å². The fourth-order valence-electron chi connectivity index (χ4n) is 5.15. The third kappa shape index (κ3) is 6.17.